The number of hydrogen-bond acceptors (Lipinski definition) is 2. The number of aromatic amines is 2. The van der Waals surface area contributed by atoms with Crippen LogP contribution < -0.4 is 5.32 Å². The van der Waals surface area contributed by atoms with Gasteiger partial charge in [0.15, 0.2) is 0 Å². The molecule has 112 valence electrons. The lowest BCUT2D eigenvalue weighted by Crippen LogP contribution is -2.33. The van der Waals surface area contributed by atoms with E-state index in [0.29, 0.717) is 12.5 Å². The molecule has 2 aromatic rings. The summed E-state index contributed by atoms with van der Waals surface area (Å²) < 4.78 is 0. The molecule has 1 atom stereocenters. The van der Waals surface area contributed by atoms with Crippen LogP contribution in [0.1, 0.15) is 49.1 Å². The molecule has 2 aromatic heterocycles. The minimum absolute atomic E-state index is 0.0490. The minimum atomic E-state index is 0.0490. The van der Waals surface area contributed by atoms with E-state index in [1.165, 1.54) is 0 Å². The summed E-state index contributed by atoms with van der Waals surface area (Å²) in [5.74, 6) is 1.62. The second-order valence-corrected chi connectivity index (χ2v) is 6.05. The van der Waals surface area contributed by atoms with Crippen LogP contribution in [-0.2, 0) is 24.2 Å². The molecule has 0 aromatic carbocycles. The van der Waals surface area contributed by atoms with Gasteiger partial charge in [0, 0.05) is 35.8 Å². The van der Waals surface area contributed by atoms with Crippen LogP contribution in [0.5, 0.6) is 0 Å². The summed E-state index contributed by atoms with van der Waals surface area (Å²) in [6, 6.07) is 3.91. The third-order valence-corrected chi connectivity index (χ3v) is 4.10. The van der Waals surface area contributed by atoms with Gasteiger partial charge in [-0.3, -0.25) is 4.79 Å². The average Bonchev–Trinajstić information content (AvgIpc) is 3.12. The Hall–Kier alpha value is -2.04. The largest absolute Gasteiger partial charge is 0.364 e. The number of fused-ring (bicyclic) bond motifs is 1. The van der Waals surface area contributed by atoms with E-state index in [9.17, 15) is 4.79 Å². The zero-order valence-corrected chi connectivity index (χ0v) is 12.6. The van der Waals surface area contributed by atoms with E-state index < -0.39 is 0 Å². The van der Waals surface area contributed by atoms with E-state index in [1.54, 1.807) is 0 Å². The summed E-state index contributed by atoms with van der Waals surface area (Å²) in [4.78, 5) is 23.4. The molecule has 0 aliphatic heterocycles. The SMILES string of the molecule is CC(C)c1nc2c([nH]1)C[C@H](C(=O)NCc1ccc[nH]1)CC2. The van der Waals surface area contributed by atoms with Gasteiger partial charge < -0.3 is 15.3 Å². The molecule has 3 rings (SSSR count). The van der Waals surface area contributed by atoms with Gasteiger partial charge in [-0.25, -0.2) is 4.98 Å². The van der Waals surface area contributed by atoms with E-state index in [1.807, 2.05) is 18.3 Å². The lowest BCUT2D eigenvalue weighted by Gasteiger charge is -2.20. The monoisotopic (exact) mass is 286 g/mol. The zero-order valence-electron chi connectivity index (χ0n) is 12.6. The number of nitrogens with one attached hydrogen (secondary N) is 3. The molecule has 3 N–H and O–H groups in total. The Balaban J connectivity index is 1.61. The van der Waals surface area contributed by atoms with E-state index in [-0.39, 0.29) is 11.8 Å². The van der Waals surface area contributed by atoms with Crippen LogP contribution in [0.3, 0.4) is 0 Å². The number of nitrogens with zero attached hydrogens (tertiary/aromatic N) is 1. The smallest absolute Gasteiger partial charge is 0.223 e. The van der Waals surface area contributed by atoms with Gasteiger partial charge in [-0.15, -0.1) is 0 Å². The Morgan fingerprint density at radius 2 is 2.38 bits per heavy atom. The van der Waals surface area contributed by atoms with E-state index in [0.717, 1.165) is 42.2 Å². The topological polar surface area (TPSA) is 73.6 Å². The summed E-state index contributed by atoms with van der Waals surface area (Å²) in [6.07, 6.45) is 4.41. The molecule has 1 amide bonds. The van der Waals surface area contributed by atoms with Crippen molar-refractivity contribution in [3.63, 3.8) is 0 Å². The Morgan fingerprint density at radius 1 is 1.52 bits per heavy atom. The lowest BCUT2D eigenvalue weighted by molar-refractivity contribution is -0.125. The number of amides is 1. The van der Waals surface area contributed by atoms with E-state index in [2.05, 4.69) is 34.1 Å². The number of hydrogen-bond donors (Lipinski definition) is 3. The molecular formula is C16H22N4O. The highest BCUT2D eigenvalue weighted by Crippen LogP contribution is 2.26. The maximum Gasteiger partial charge on any atom is 0.223 e. The number of aromatic nitrogens is 3. The summed E-state index contributed by atoms with van der Waals surface area (Å²) in [6.45, 7) is 4.82. The normalized spacial score (nSPS) is 17.8. The van der Waals surface area contributed by atoms with Gasteiger partial charge in [0.05, 0.1) is 12.2 Å². The van der Waals surface area contributed by atoms with Crippen LogP contribution in [0.15, 0.2) is 18.3 Å². The molecule has 5 nitrogen and oxygen atoms in total. The van der Waals surface area contributed by atoms with Crippen LogP contribution in [0.2, 0.25) is 0 Å². The predicted molar refractivity (Wildman–Crippen MR) is 80.8 cm³/mol. The maximum absolute atomic E-state index is 12.3. The molecule has 0 unspecified atom stereocenters. The molecule has 21 heavy (non-hydrogen) atoms. The summed E-state index contributed by atoms with van der Waals surface area (Å²) in [5, 5.41) is 3.01. The van der Waals surface area contributed by atoms with Gasteiger partial charge in [-0.1, -0.05) is 13.8 Å². The van der Waals surface area contributed by atoms with Crippen molar-refractivity contribution in [2.75, 3.05) is 0 Å². The fourth-order valence-electron chi connectivity index (χ4n) is 2.80. The van der Waals surface area contributed by atoms with Crippen LogP contribution >= 0.6 is 0 Å². The van der Waals surface area contributed by atoms with Gasteiger partial charge in [-0.2, -0.15) is 0 Å². The Bertz CT molecular complexity index is 612. The maximum atomic E-state index is 12.3. The predicted octanol–water partition coefficient (Wildman–Crippen LogP) is 2.28. The average molecular weight is 286 g/mol. The number of carbonyl (C=O) groups excluding carboxylic acids is 1. The second kappa shape index (κ2) is 5.76. The first-order valence-electron chi connectivity index (χ1n) is 7.61. The molecule has 0 fully saturated rings. The Kier molecular flexibility index (Phi) is 3.82. The fourth-order valence-corrected chi connectivity index (χ4v) is 2.80. The molecule has 2 heterocycles. The first-order chi connectivity index (χ1) is 10.1. The number of rotatable bonds is 4. The molecular weight excluding hydrogens is 264 g/mol. The molecule has 0 radical (unpaired) electrons. The first kappa shape index (κ1) is 13.9. The third-order valence-electron chi connectivity index (χ3n) is 4.10. The third kappa shape index (κ3) is 3.01. The number of carbonyl (C=O) groups is 1. The number of imidazole rings is 1. The molecule has 0 saturated carbocycles. The van der Waals surface area contributed by atoms with Crippen molar-refractivity contribution in [3.8, 4) is 0 Å². The summed E-state index contributed by atoms with van der Waals surface area (Å²) in [5.41, 5.74) is 3.32. The Labute approximate surface area is 124 Å². The molecule has 1 aliphatic rings. The fraction of sp³-hybridized carbons (Fsp3) is 0.500. The summed E-state index contributed by atoms with van der Waals surface area (Å²) >= 11 is 0. The van der Waals surface area contributed by atoms with Gasteiger partial charge in [0.1, 0.15) is 5.82 Å². The van der Waals surface area contributed by atoms with Crippen molar-refractivity contribution >= 4 is 5.91 Å². The number of aryl methyl sites for hydroxylation is 1. The van der Waals surface area contributed by atoms with Crippen LogP contribution in [0.25, 0.3) is 0 Å². The van der Waals surface area contributed by atoms with Crippen LogP contribution in [0.4, 0.5) is 0 Å². The zero-order chi connectivity index (χ0) is 14.8. The number of H-pyrrole nitrogens is 2. The Morgan fingerprint density at radius 3 is 3.10 bits per heavy atom. The standard InChI is InChI=1S/C16H22N4O/c1-10(2)15-19-13-6-5-11(8-14(13)20-15)16(21)18-9-12-4-3-7-17-12/h3-4,7,10-11,17H,5-6,8-9H2,1-2H3,(H,18,21)(H,19,20)/t11-/m1/s1. The molecule has 0 bridgehead atoms. The van der Waals surface area contributed by atoms with Crippen molar-refractivity contribution in [1.82, 2.24) is 20.3 Å². The van der Waals surface area contributed by atoms with E-state index in [4.69, 9.17) is 0 Å². The van der Waals surface area contributed by atoms with Crippen molar-refractivity contribution in [1.29, 1.82) is 0 Å². The minimum Gasteiger partial charge on any atom is -0.364 e. The van der Waals surface area contributed by atoms with Crippen molar-refractivity contribution in [2.24, 2.45) is 5.92 Å². The van der Waals surface area contributed by atoms with Gasteiger partial charge in [-0.05, 0) is 25.0 Å². The highest BCUT2D eigenvalue weighted by atomic mass is 16.1. The van der Waals surface area contributed by atoms with Gasteiger partial charge in [0.2, 0.25) is 5.91 Å². The van der Waals surface area contributed by atoms with Crippen molar-refractivity contribution in [2.45, 2.75) is 45.6 Å². The van der Waals surface area contributed by atoms with Crippen LogP contribution in [0, 0.1) is 5.92 Å². The van der Waals surface area contributed by atoms with Gasteiger partial charge >= 0.3 is 0 Å². The lowest BCUT2D eigenvalue weighted by atomic mass is 9.89. The van der Waals surface area contributed by atoms with Gasteiger partial charge in [0.25, 0.3) is 0 Å². The quantitative estimate of drug-likeness (QED) is 0.806. The highest BCUT2D eigenvalue weighted by molar-refractivity contribution is 5.79. The molecule has 0 saturated heterocycles. The second-order valence-electron chi connectivity index (χ2n) is 6.05. The molecule has 0 spiro atoms. The molecule has 5 heteroatoms. The van der Waals surface area contributed by atoms with Crippen LogP contribution in [-0.4, -0.2) is 20.9 Å². The highest BCUT2D eigenvalue weighted by Gasteiger charge is 2.27. The van der Waals surface area contributed by atoms with E-state index >= 15 is 0 Å². The van der Waals surface area contributed by atoms with Crippen molar-refractivity contribution < 1.29 is 4.79 Å². The van der Waals surface area contributed by atoms with Crippen molar-refractivity contribution in [3.05, 3.63) is 41.2 Å². The molecule has 1 aliphatic carbocycles. The first-order valence-corrected chi connectivity index (χ1v) is 7.61. The summed E-state index contributed by atoms with van der Waals surface area (Å²) in [7, 11) is 0.